The minimum absolute atomic E-state index is 0.207. The fourth-order valence-electron chi connectivity index (χ4n) is 5.48. The first-order chi connectivity index (χ1) is 29.1. The Labute approximate surface area is 360 Å². The molecule has 6 aromatic rings. The molecule has 6 rings (SSSR count). The Kier molecular flexibility index (Phi) is 13.7. The van der Waals surface area contributed by atoms with Gasteiger partial charge in [-0.3, -0.25) is 0 Å². The number of amides is 8. The van der Waals surface area contributed by atoms with Gasteiger partial charge in [-0.05, 0) is 127 Å². The largest absolute Gasteiger partial charge is 0.333 e. The standard InChI is InChI=1S/C41H34Cl2N8O8S2/c42-28-3-1-5-34(24-28)48-38(52)44-32-15-19-36(20-16-32)60(56,57)50-40(54)46-30-11-7-26(8-12-30)23-27-9-13-31(14-10-27)47-41(55)51-61(58,59)37-21-17-33(18-22-37)45-39(53)49-35-6-2-4-29(43)25-35/h1-22,24-25H,23H2,(H2,44,48,52)(H2,45,49,53)(H2,46,50,54)(H2,47,51,55). The maximum Gasteiger partial charge on any atom is 0.333 e. The number of sulfonamides is 2. The summed E-state index contributed by atoms with van der Waals surface area (Å²) in [4.78, 5) is 49.3. The van der Waals surface area contributed by atoms with Crippen molar-refractivity contribution >= 4 is 101 Å². The molecule has 0 atom stereocenters. The van der Waals surface area contributed by atoms with E-state index in [4.69, 9.17) is 23.2 Å². The minimum Gasteiger partial charge on any atom is -0.308 e. The van der Waals surface area contributed by atoms with Crippen molar-refractivity contribution in [3.8, 4) is 0 Å². The molecule has 16 nitrogen and oxygen atoms in total. The molecular weight excluding hydrogens is 868 g/mol. The maximum absolute atomic E-state index is 12.8. The summed E-state index contributed by atoms with van der Waals surface area (Å²) in [6.45, 7) is 0. The molecule has 0 saturated carbocycles. The van der Waals surface area contributed by atoms with Crippen LogP contribution in [0.3, 0.4) is 0 Å². The van der Waals surface area contributed by atoms with E-state index in [0.717, 1.165) is 11.1 Å². The van der Waals surface area contributed by atoms with Gasteiger partial charge in [0.25, 0.3) is 20.0 Å². The van der Waals surface area contributed by atoms with E-state index in [1.165, 1.54) is 48.5 Å². The van der Waals surface area contributed by atoms with E-state index in [-0.39, 0.29) is 9.79 Å². The quantitative estimate of drug-likeness (QED) is 0.0589. The van der Waals surface area contributed by atoms with Crippen molar-refractivity contribution in [2.45, 2.75) is 16.2 Å². The highest BCUT2D eigenvalue weighted by molar-refractivity contribution is 7.90. The van der Waals surface area contributed by atoms with Crippen molar-refractivity contribution in [3.05, 3.63) is 167 Å². The number of anilines is 6. The summed E-state index contributed by atoms with van der Waals surface area (Å²) in [5, 5.41) is 16.2. The molecule has 0 heterocycles. The summed E-state index contributed by atoms with van der Waals surface area (Å²) in [5.41, 5.74) is 3.90. The molecule has 8 N–H and O–H groups in total. The van der Waals surface area contributed by atoms with Gasteiger partial charge in [0.2, 0.25) is 0 Å². The first-order valence-corrected chi connectivity index (χ1v) is 21.5. The second-order valence-corrected chi connectivity index (χ2v) is 17.2. The second kappa shape index (κ2) is 19.3. The number of nitrogens with one attached hydrogen (secondary N) is 8. The van der Waals surface area contributed by atoms with E-state index in [1.807, 2.05) is 9.44 Å². The summed E-state index contributed by atoms with van der Waals surface area (Å²) in [6.07, 6.45) is 0.460. The lowest BCUT2D eigenvalue weighted by atomic mass is 10.0. The van der Waals surface area contributed by atoms with E-state index in [2.05, 4.69) is 31.9 Å². The van der Waals surface area contributed by atoms with Gasteiger partial charge in [-0.1, -0.05) is 59.6 Å². The van der Waals surface area contributed by atoms with Gasteiger partial charge in [0.1, 0.15) is 0 Å². The lowest BCUT2D eigenvalue weighted by molar-refractivity contribution is 0.255. The second-order valence-electron chi connectivity index (χ2n) is 12.9. The zero-order valence-corrected chi connectivity index (χ0v) is 34.5. The molecule has 6 aromatic carbocycles. The molecule has 20 heteroatoms. The molecule has 0 radical (unpaired) electrons. The van der Waals surface area contributed by atoms with Crippen LogP contribution in [0, 0.1) is 0 Å². The summed E-state index contributed by atoms with van der Waals surface area (Å²) >= 11 is 11.9. The highest BCUT2D eigenvalue weighted by Crippen LogP contribution is 2.21. The molecular formula is C41H34Cl2N8O8S2. The van der Waals surface area contributed by atoms with Crippen LogP contribution < -0.4 is 41.3 Å². The Balaban J connectivity index is 0.933. The predicted octanol–water partition coefficient (Wildman–Crippen LogP) is 8.89. The molecule has 312 valence electrons. The van der Waals surface area contributed by atoms with Gasteiger partial charge in [0, 0.05) is 44.2 Å². The minimum atomic E-state index is -4.25. The normalized spacial score (nSPS) is 11.0. The molecule has 0 aliphatic carbocycles. The number of rotatable bonds is 12. The van der Waals surface area contributed by atoms with E-state index in [1.54, 1.807) is 97.1 Å². The van der Waals surface area contributed by atoms with Crippen LogP contribution in [0.4, 0.5) is 53.3 Å². The zero-order valence-electron chi connectivity index (χ0n) is 31.4. The van der Waals surface area contributed by atoms with E-state index in [0.29, 0.717) is 50.6 Å². The van der Waals surface area contributed by atoms with Crippen molar-refractivity contribution in [1.29, 1.82) is 0 Å². The molecule has 0 aliphatic rings. The van der Waals surface area contributed by atoms with Gasteiger partial charge in [-0.25, -0.2) is 45.5 Å². The van der Waals surface area contributed by atoms with Gasteiger partial charge in [0.05, 0.1) is 9.79 Å². The molecule has 0 fully saturated rings. The first-order valence-electron chi connectivity index (χ1n) is 17.8. The average Bonchev–Trinajstić information content (AvgIpc) is 3.19. The van der Waals surface area contributed by atoms with Crippen LogP contribution in [0.15, 0.2) is 155 Å². The molecule has 61 heavy (non-hydrogen) atoms. The van der Waals surface area contributed by atoms with Gasteiger partial charge in [-0.2, -0.15) is 0 Å². The van der Waals surface area contributed by atoms with Gasteiger partial charge in [0.15, 0.2) is 0 Å². The average molecular weight is 902 g/mol. The number of urea groups is 4. The molecule has 0 saturated heterocycles. The lowest BCUT2D eigenvalue weighted by Crippen LogP contribution is -2.34. The van der Waals surface area contributed by atoms with E-state index >= 15 is 0 Å². The predicted molar refractivity (Wildman–Crippen MR) is 235 cm³/mol. The molecule has 0 aliphatic heterocycles. The van der Waals surface area contributed by atoms with Gasteiger partial charge >= 0.3 is 24.1 Å². The van der Waals surface area contributed by atoms with Crippen LogP contribution in [0.25, 0.3) is 0 Å². The molecule has 0 spiro atoms. The first kappa shape index (κ1) is 43.5. The summed E-state index contributed by atoms with van der Waals surface area (Å²) in [6, 6.07) is 33.7. The van der Waals surface area contributed by atoms with Crippen molar-refractivity contribution in [3.63, 3.8) is 0 Å². The third-order valence-electron chi connectivity index (χ3n) is 8.30. The van der Waals surface area contributed by atoms with Crippen LogP contribution in [0.2, 0.25) is 10.0 Å². The van der Waals surface area contributed by atoms with Crippen LogP contribution in [-0.2, 0) is 26.5 Å². The SMILES string of the molecule is O=C(Nc1ccc(S(=O)(=O)NC(=O)Nc2ccc(Cc3ccc(NC(=O)NS(=O)(=O)c4ccc(NC(=O)Nc5cccc(Cl)c5)cc4)cc3)cc2)cc1)Nc1cccc(Cl)c1. The third-order valence-corrected chi connectivity index (χ3v) is 11.5. The van der Waals surface area contributed by atoms with Crippen molar-refractivity contribution in [2.24, 2.45) is 0 Å². The monoisotopic (exact) mass is 900 g/mol. The molecule has 0 aromatic heterocycles. The van der Waals surface area contributed by atoms with Crippen LogP contribution in [0.5, 0.6) is 0 Å². The van der Waals surface area contributed by atoms with Crippen molar-refractivity contribution in [2.75, 3.05) is 31.9 Å². The molecule has 0 bridgehead atoms. The number of hydrogen-bond donors (Lipinski definition) is 8. The zero-order chi connectivity index (χ0) is 43.6. The van der Waals surface area contributed by atoms with Crippen molar-refractivity contribution < 1.29 is 36.0 Å². The summed E-state index contributed by atoms with van der Waals surface area (Å²) in [7, 11) is -8.51. The Morgan fingerprint density at radius 3 is 1.00 bits per heavy atom. The van der Waals surface area contributed by atoms with E-state index in [9.17, 15) is 36.0 Å². The number of halogens is 2. The lowest BCUT2D eigenvalue weighted by Gasteiger charge is -2.11. The number of carbonyl (C=O) groups excluding carboxylic acids is 4. The van der Waals surface area contributed by atoms with Gasteiger partial charge in [-0.15, -0.1) is 0 Å². The Bertz CT molecular complexity index is 2600. The molecule has 8 amide bonds. The number of carbonyl (C=O) groups is 4. The smallest absolute Gasteiger partial charge is 0.308 e. The fraction of sp³-hybridized carbons (Fsp3) is 0.0244. The Hall–Kier alpha value is -7.12. The van der Waals surface area contributed by atoms with Crippen LogP contribution in [-0.4, -0.2) is 41.0 Å². The maximum atomic E-state index is 12.8. The third kappa shape index (κ3) is 12.9. The van der Waals surface area contributed by atoms with Crippen LogP contribution in [0.1, 0.15) is 11.1 Å². The Morgan fingerprint density at radius 1 is 0.377 bits per heavy atom. The highest BCUT2D eigenvalue weighted by atomic mass is 35.5. The highest BCUT2D eigenvalue weighted by Gasteiger charge is 2.20. The Morgan fingerprint density at radius 2 is 0.672 bits per heavy atom. The topological polar surface area (TPSA) is 233 Å². The fourth-order valence-corrected chi connectivity index (χ4v) is 7.67. The number of benzene rings is 6. The molecule has 0 unspecified atom stereocenters. The van der Waals surface area contributed by atoms with E-state index < -0.39 is 44.2 Å². The summed E-state index contributed by atoms with van der Waals surface area (Å²) < 4.78 is 55.2. The van der Waals surface area contributed by atoms with Crippen LogP contribution >= 0.6 is 23.2 Å². The number of hydrogen-bond acceptors (Lipinski definition) is 8. The van der Waals surface area contributed by atoms with Crippen molar-refractivity contribution in [1.82, 2.24) is 9.44 Å². The van der Waals surface area contributed by atoms with Gasteiger partial charge < -0.3 is 31.9 Å². The summed E-state index contributed by atoms with van der Waals surface area (Å²) in [5.74, 6) is 0.